The number of aliphatic carboxylic acids is 1. The van der Waals surface area contributed by atoms with E-state index in [2.05, 4.69) is 0 Å². The molecule has 0 fully saturated rings. The van der Waals surface area contributed by atoms with Gasteiger partial charge in [0, 0.05) is 11.6 Å². The van der Waals surface area contributed by atoms with Gasteiger partial charge in [0.1, 0.15) is 6.54 Å². The Hall–Kier alpha value is -2.05. The van der Waals surface area contributed by atoms with Crippen molar-refractivity contribution in [2.75, 3.05) is 6.54 Å². The molecule has 1 N–H and O–H groups in total. The van der Waals surface area contributed by atoms with Crippen molar-refractivity contribution in [3.8, 4) is 0 Å². The highest BCUT2D eigenvalue weighted by atomic mass is 19.4. The smallest absolute Gasteiger partial charge is 0.416 e. The van der Waals surface area contributed by atoms with Crippen LogP contribution in [0.4, 0.5) is 13.2 Å². The Labute approximate surface area is 113 Å². The van der Waals surface area contributed by atoms with Crippen LogP contribution in [0.1, 0.15) is 29.8 Å². The molecule has 0 heterocycles. The molecule has 0 aliphatic carbocycles. The molecule has 0 atom stereocenters. The third-order valence-electron chi connectivity index (χ3n) is 2.65. The Kier molecular flexibility index (Phi) is 4.75. The maximum Gasteiger partial charge on any atom is 0.416 e. The van der Waals surface area contributed by atoms with Crippen LogP contribution in [0.25, 0.3) is 0 Å². The highest BCUT2D eigenvalue weighted by Crippen LogP contribution is 2.29. The van der Waals surface area contributed by atoms with Crippen LogP contribution in [0.5, 0.6) is 0 Å². The number of halogens is 3. The summed E-state index contributed by atoms with van der Waals surface area (Å²) in [7, 11) is 0. The van der Waals surface area contributed by atoms with E-state index < -0.39 is 30.2 Å². The number of benzene rings is 1. The molecule has 7 heteroatoms. The highest BCUT2D eigenvalue weighted by molar-refractivity contribution is 5.96. The van der Waals surface area contributed by atoms with Gasteiger partial charge in [-0.2, -0.15) is 13.2 Å². The lowest BCUT2D eigenvalue weighted by atomic mass is 10.1. The van der Waals surface area contributed by atoms with Crippen molar-refractivity contribution in [2.45, 2.75) is 26.1 Å². The van der Waals surface area contributed by atoms with Gasteiger partial charge in [-0.05, 0) is 38.1 Å². The summed E-state index contributed by atoms with van der Waals surface area (Å²) in [5.41, 5.74) is -0.837. The normalized spacial score (nSPS) is 11.5. The molecule has 0 saturated heterocycles. The van der Waals surface area contributed by atoms with Gasteiger partial charge in [-0.15, -0.1) is 0 Å². The van der Waals surface area contributed by atoms with E-state index in [1.165, 1.54) is 0 Å². The van der Waals surface area contributed by atoms with Crippen molar-refractivity contribution in [1.29, 1.82) is 0 Å². The number of carboxylic acids is 1. The van der Waals surface area contributed by atoms with Gasteiger partial charge in [-0.3, -0.25) is 9.59 Å². The minimum absolute atomic E-state index is 0.0213. The molecular formula is C13H14F3NO3. The zero-order chi connectivity index (χ0) is 15.5. The molecule has 0 radical (unpaired) electrons. The quantitative estimate of drug-likeness (QED) is 0.927. The van der Waals surface area contributed by atoms with Crippen molar-refractivity contribution in [3.63, 3.8) is 0 Å². The maximum absolute atomic E-state index is 12.4. The maximum atomic E-state index is 12.4. The molecule has 0 aliphatic rings. The number of carbonyl (C=O) groups excluding carboxylic acids is 1. The lowest BCUT2D eigenvalue weighted by molar-refractivity contribution is -0.138. The number of carbonyl (C=O) groups is 2. The summed E-state index contributed by atoms with van der Waals surface area (Å²) >= 11 is 0. The van der Waals surface area contributed by atoms with E-state index >= 15 is 0 Å². The number of carboxylic acid groups (broad SMARTS) is 1. The van der Waals surface area contributed by atoms with Gasteiger partial charge in [0.15, 0.2) is 0 Å². The van der Waals surface area contributed by atoms with Crippen molar-refractivity contribution in [3.05, 3.63) is 35.4 Å². The van der Waals surface area contributed by atoms with Crippen LogP contribution in [0, 0.1) is 0 Å². The molecule has 0 aromatic heterocycles. The molecule has 1 rings (SSSR count). The number of hydrogen-bond acceptors (Lipinski definition) is 2. The molecule has 0 spiro atoms. The minimum atomic E-state index is -4.47. The molecule has 1 amide bonds. The molecule has 0 saturated carbocycles. The summed E-state index contributed by atoms with van der Waals surface area (Å²) < 4.78 is 37.2. The van der Waals surface area contributed by atoms with Crippen molar-refractivity contribution in [2.24, 2.45) is 0 Å². The fourth-order valence-electron chi connectivity index (χ4n) is 1.60. The Morgan fingerprint density at radius 3 is 2.05 bits per heavy atom. The number of rotatable bonds is 4. The van der Waals surface area contributed by atoms with E-state index in [0.29, 0.717) is 0 Å². The van der Waals surface area contributed by atoms with Crippen LogP contribution < -0.4 is 0 Å². The van der Waals surface area contributed by atoms with E-state index in [0.717, 1.165) is 29.2 Å². The Balaban J connectivity index is 2.98. The van der Waals surface area contributed by atoms with E-state index in [-0.39, 0.29) is 11.6 Å². The molecule has 0 aliphatic heterocycles. The third-order valence-corrected chi connectivity index (χ3v) is 2.65. The second kappa shape index (κ2) is 5.94. The number of amides is 1. The molecular weight excluding hydrogens is 275 g/mol. The summed E-state index contributed by atoms with van der Waals surface area (Å²) in [5.74, 6) is -1.80. The van der Waals surface area contributed by atoms with Crippen molar-refractivity contribution in [1.82, 2.24) is 4.90 Å². The largest absolute Gasteiger partial charge is 0.480 e. The van der Waals surface area contributed by atoms with E-state index in [1.807, 2.05) is 0 Å². The number of nitrogens with zero attached hydrogens (tertiary/aromatic N) is 1. The van der Waals surface area contributed by atoms with Crippen molar-refractivity contribution >= 4 is 11.9 Å². The SMILES string of the molecule is CC(C)N(CC(=O)O)C(=O)c1ccc(C(F)(F)F)cc1. The lowest BCUT2D eigenvalue weighted by Crippen LogP contribution is -2.40. The van der Waals surface area contributed by atoms with Crippen LogP contribution in [0.15, 0.2) is 24.3 Å². The van der Waals surface area contributed by atoms with Crippen LogP contribution >= 0.6 is 0 Å². The molecule has 0 bridgehead atoms. The molecule has 4 nitrogen and oxygen atoms in total. The Morgan fingerprint density at radius 2 is 1.70 bits per heavy atom. The zero-order valence-corrected chi connectivity index (χ0v) is 10.9. The van der Waals surface area contributed by atoms with Gasteiger partial charge >= 0.3 is 12.1 Å². The Morgan fingerprint density at radius 1 is 1.20 bits per heavy atom. The highest BCUT2D eigenvalue weighted by Gasteiger charge is 2.30. The van der Waals surface area contributed by atoms with Gasteiger partial charge < -0.3 is 10.0 Å². The van der Waals surface area contributed by atoms with Crippen LogP contribution in [-0.4, -0.2) is 34.5 Å². The van der Waals surface area contributed by atoms with Gasteiger partial charge in [0.05, 0.1) is 5.56 Å². The molecule has 1 aromatic carbocycles. The van der Waals surface area contributed by atoms with Gasteiger partial charge in [-0.25, -0.2) is 0 Å². The standard InChI is InChI=1S/C13H14F3NO3/c1-8(2)17(7-11(18)19)12(20)9-3-5-10(6-4-9)13(14,15)16/h3-6,8H,7H2,1-2H3,(H,18,19). The third kappa shape index (κ3) is 3.97. The summed E-state index contributed by atoms with van der Waals surface area (Å²) in [5, 5.41) is 8.74. The predicted octanol–water partition coefficient (Wildman–Crippen LogP) is 2.64. The molecule has 110 valence electrons. The summed E-state index contributed by atoms with van der Waals surface area (Å²) in [6, 6.07) is 3.31. The molecule has 1 aromatic rings. The lowest BCUT2D eigenvalue weighted by Gasteiger charge is -2.25. The fourth-order valence-corrected chi connectivity index (χ4v) is 1.60. The predicted molar refractivity (Wildman–Crippen MR) is 65.3 cm³/mol. The second-order valence-corrected chi connectivity index (χ2v) is 4.50. The first kappa shape index (κ1) is 16.0. The average Bonchev–Trinajstić information content (AvgIpc) is 2.33. The molecule has 20 heavy (non-hydrogen) atoms. The van der Waals surface area contributed by atoms with Gasteiger partial charge in [-0.1, -0.05) is 0 Å². The van der Waals surface area contributed by atoms with Crippen molar-refractivity contribution < 1.29 is 27.9 Å². The summed E-state index contributed by atoms with van der Waals surface area (Å²) in [6.07, 6.45) is -4.47. The summed E-state index contributed by atoms with van der Waals surface area (Å²) in [6.45, 7) is 2.76. The average molecular weight is 289 g/mol. The zero-order valence-electron chi connectivity index (χ0n) is 10.9. The van der Waals surface area contributed by atoms with Crippen LogP contribution in [0.3, 0.4) is 0 Å². The fraction of sp³-hybridized carbons (Fsp3) is 0.385. The van der Waals surface area contributed by atoms with Crippen LogP contribution in [-0.2, 0) is 11.0 Å². The topological polar surface area (TPSA) is 57.6 Å². The van der Waals surface area contributed by atoms with Crippen LogP contribution in [0.2, 0.25) is 0 Å². The van der Waals surface area contributed by atoms with Gasteiger partial charge in [0.25, 0.3) is 5.91 Å². The van der Waals surface area contributed by atoms with E-state index in [4.69, 9.17) is 5.11 Å². The number of alkyl halides is 3. The minimum Gasteiger partial charge on any atom is -0.480 e. The second-order valence-electron chi connectivity index (χ2n) is 4.50. The first-order valence-corrected chi connectivity index (χ1v) is 5.83. The van der Waals surface area contributed by atoms with E-state index in [9.17, 15) is 22.8 Å². The Bertz CT molecular complexity index is 495. The monoisotopic (exact) mass is 289 g/mol. The summed E-state index contributed by atoms with van der Waals surface area (Å²) in [4.78, 5) is 23.8. The first-order chi connectivity index (χ1) is 9.12. The van der Waals surface area contributed by atoms with E-state index in [1.54, 1.807) is 13.8 Å². The van der Waals surface area contributed by atoms with Gasteiger partial charge in [0.2, 0.25) is 0 Å². The number of hydrogen-bond donors (Lipinski definition) is 1. The first-order valence-electron chi connectivity index (χ1n) is 5.83. The molecule has 0 unspecified atom stereocenters.